The van der Waals surface area contributed by atoms with Crippen LogP contribution < -0.4 is 5.32 Å². The van der Waals surface area contributed by atoms with Crippen molar-refractivity contribution < 1.29 is 4.39 Å². The molecular formula is C18H23FN2. The Kier molecular flexibility index (Phi) is 5.45. The summed E-state index contributed by atoms with van der Waals surface area (Å²) >= 11 is 0. The summed E-state index contributed by atoms with van der Waals surface area (Å²) in [6.45, 7) is 6.79. The van der Waals surface area contributed by atoms with Gasteiger partial charge in [-0.3, -0.25) is 4.98 Å². The molecule has 0 saturated carbocycles. The molecule has 3 heteroatoms. The molecule has 0 saturated heterocycles. The monoisotopic (exact) mass is 286 g/mol. The number of rotatable bonds is 6. The molecule has 1 aromatic heterocycles. The first-order valence-electron chi connectivity index (χ1n) is 7.50. The molecular weight excluding hydrogens is 263 g/mol. The number of nitrogens with zero attached hydrogens (tertiary/aromatic N) is 1. The Labute approximate surface area is 126 Å². The summed E-state index contributed by atoms with van der Waals surface area (Å²) in [5, 5.41) is 3.41. The Morgan fingerprint density at radius 3 is 2.71 bits per heavy atom. The predicted octanol–water partition coefficient (Wildman–Crippen LogP) is 4.12. The molecule has 2 nitrogen and oxygen atoms in total. The Bertz CT molecular complexity index is 558. The number of nitrogens with one attached hydrogen (secondary N) is 1. The van der Waals surface area contributed by atoms with Crippen molar-refractivity contribution in [3.8, 4) is 0 Å². The molecule has 1 N–H and O–H groups in total. The van der Waals surface area contributed by atoms with E-state index < -0.39 is 0 Å². The minimum Gasteiger partial charge on any atom is -0.310 e. The van der Waals surface area contributed by atoms with Crippen molar-refractivity contribution in [1.82, 2.24) is 10.3 Å². The average Bonchev–Trinajstić information content (AvgIpc) is 2.45. The highest BCUT2D eigenvalue weighted by Gasteiger charge is 2.17. The molecule has 112 valence electrons. The van der Waals surface area contributed by atoms with Gasteiger partial charge in [-0.25, -0.2) is 4.39 Å². The molecule has 0 radical (unpaired) electrons. The van der Waals surface area contributed by atoms with E-state index in [1.54, 1.807) is 12.3 Å². The fourth-order valence-electron chi connectivity index (χ4n) is 2.82. The zero-order chi connectivity index (χ0) is 15.2. The van der Waals surface area contributed by atoms with Gasteiger partial charge in [0.05, 0.1) is 0 Å². The minimum atomic E-state index is -0.107. The van der Waals surface area contributed by atoms with Gasteiger partial charge in [-0.2, -0.15) is 0 Å². The SMILES string of the molecule is CCNC(CCc1cccnc1)c1c(C)cc(C)cc1F. The van der Waals surface area contributed by atoms with E-state index >= 15 is 0 Å². The van der Waals surface area contributed by atoms with Crippen LogP contribution in [0.2, 0.25) is 0 Å². The van der Waals surface area contributed by atoms with E-state index in [-0.39, 0.29) is 11.9 Å². The second-order valence-electron chi connectivity index (χ2n) is 5.49. The zero-order valence-electron chi connectivity index (χ0n) is 13.0. The van der Waals surface area contributed by atoms with Gasteiger partial charge >= 0.3 is 0 Å². The summed E-state index contributed by atoms with van der Waals surface area (Å²) in [5.41, 5.74) is 3.97. The van der Waals surface area contributed by atoms with Crippen LogP contribution >= 0.6 is 0 Å². The molecule has 21 heavy (non-hydrogen) atoms. The third-order valence-corrected chi connectivity index (χ3v) is 3.72. The molecule has 0 amide bonds. The highest BCUT2D eigenvalue weighted by molar-refractivity contribution is 5.34. The maximum Gasteiger partial charge on any atom is 0.128 e. The van der Waals surface area contributed by atoms with Gasteiger partial charge in [-0.05, 0) is 62.1 Å². The quantitative estimate of drug-likeness (QED) is 0.864. The maximum atomic E-state index is 14.4. The third kappa shape index (κ3) is 4.11. The lowest BCUT2D eigenvalue weighted by molar-refractivity contribution is 0.482. The van der Waals surface area contributed by atoms with Crippen molar-refractivity contribution in [2.75, 3.05) is 6.54 Å². The van der Waals surface area contributed by atoms with Gasteiger partial charge in [0.25, 0.3) is 0 Å². The lowest BCUT2D eigenvalue weighted by Gasteiger charge is -2.21. The van der Waals surface area contributed by atoms with Crippen molar-refractivity contribution in [3.63, 3.8) is 0 Å². The second kappa shape index (κ2) is 7.32. The molecule has 1 atom stereocenters. The molecule has 0 aliphatic carbocycles. The highest BCUT2D eigenvalue weighted by Crippen LogP contribution is 2.26. The third-order valence-electron chi connectivity index (χ3n) is 3.72. The van der Waals surface area contributed by atoms with Crippen molar-refractivity contribution >= 4 is 0 Å². The summed E-state index contributed by atoms with van der Waals surface area (Å²) in [4.78, 5) is 4.13. The second-order valence-corrected chi connectivity index (χ2v) is 5.49. The minimum absolute atomic E-state index is 0.0378. The van der Waals surface area contributed by atoms with Crippen LogP contribution in [-0.2, 0) is 6.42 Å². The van der Waals surface area contributed by atoms with E-state index in [0.29, 0.717) is 0 Å². The van der Waals surface area contributed by atoms with E-state index in [1.807, 2.05) is 32.2 Å². The smallest absolute Gasteiger partial charge is 0.128 e. The maximum absolute atomic E-state index is 14.4. The summed E-state index contributed by atoms with van der Waals surface area (Å²) in [5.74, 6) is -0.107. The number of aryl methyl sites for hydroxylation is 3. The van der Waals surface area contributed by atoms with Crippen LogP contribution in [-0.4, -0.2) is 11.5 Å². The first kappa shape index (κ1) is 15.6. The van der Waals surface area contributed by atoms with Gasteiger partial charge in [0, 0.05) is 24.0 Å². The molecule has 1 unspecified atom stereocenters. The molecule has 2 rings (SSSR count). The van der Waals surface area contributed by atoms with Crippen LogP contribution in [0.3, 0.4) is 0 Å². The Morgan fingerprint density at radius 1 is 1.29 bits per heavy atom. The number of hydrogen-bond acceptors (Lipinski definition) is 2. The lowest BCUT2D eigenvalue weighted by atomic mass is 9.94. The van der Waals surface area contributed by atoms with E-state index in [2.05, 4.69) is 23.3 Å². The van der Waals surface area contributed by atoms with Crippen molar-refractivity contribution in [1.29, 1.82) is 0 Å². The fraction of sp³-hybridized carbons (Fsp3) is 0.389. The molecule has 0 aliphatic heterocycles. The van der Waals surface area contributed by atoms with E-state index in [4.69, 9.17) is 0 Å². The number of pyridine rings is 1. The van der Waals surface area contributed by atoms with Crippen molar-refractivity contribution in [2.24, 2.45) is 0 Å². The van der Waals surface area contributed by atoms with Crippen LogP contribution in [0.5, 0.6) is 0 Å². The standard InChI is InChI=1S/C18H23FN2/c1-4-21-17(8-7-15-6-5-9-20-12-15)18-14(3)10-13(2)11-16(18)19/h5-6,9-12,17,21H,4,7-8H2,1-3H3. The highest BCUT2D eigenvalue weighted by atomic mass is 19.1. The molecule has 1 aromatic carbocycles. The van der Waals surface area contributed by atoms with Crippen molar-refractivity contribution in [2.45, 2.75) is 39.7 Å². The van der Waals surface area contributed by atoms with Gasteiger partial charge < -0.3 is 5.32 Å². The van der Waals surface area contributed by atoms with Gasteiger partial charge in [0.15, 0.2) is 0 Å². The van der Waals surface area contributed by atoms with E-state index in [1.165, 1.54) is 5.56 Å². The fourth-order valence-corrected chi connectivity index (χ4v) is 2.82. The molecule has 1 heterocycles. The van der Waals surface area contributed by atoms with Crippen LogP contribution in [0.1, 0.15) is 41.6 Å². The number of aromatic nitrogens is 1. The molecule has 0 bridgehead atoms. The van der Waals surface area contributed by atoms with Crippen LogP contribution in [0.15, 0.2) is 36.7 Å². The Hall–Kier alpha value is -1.74. The number of hydrogen-bond donors (Lipinski definition) is 1. The molecule has 0 aliphatic rings. The van der Waals surface area contributed by atoms with Crippen LogP contribution in [0, 0.1) is 19.7 Å². The molecule has 2 aromatic rings. The van der Waals surface area contributed by atoms with Gasteiger partial charge in [0.2, 0.25) is 0 Å². The Balaban J connectivity index is 2.19. The number of benzene rings is 1. The normalized spacial score (nSPS) is 12.4. The van der Waals surface area contributed by atoms with Gasteiger partial charge in [0.1, 0.15) is 5.82 Å². The van der Waals surface area contributed by atoms with Crippen LogP contribution in [0.4, 0.5) is 4.39 Å². The topological polar surface area (TPSA) is 24.9 Å². The number of halogens is 1. The largest absolute Gasteiger partial charge is 0.310 e. The molecule has 0 fully saturated rings. The van der Waals surface area contributed by atoms with Crippen LogP contribution in [0.25, 0.3) is 0 Å². The van der Waals surface area contributed by atoms with Crippen molar-refractivity contribution in [3.05, 3.63) is 64.7 Å². The summed E-state index contributed by atoms with van der Waals surface area (Å²) in [7, 11) is 0. The zero-order valence-corrected chi connectivity index (χ0v) is 13.0. The summed E-state index contributed by atoms with van der Waals surface area (Å²) < 4.78 is 14.4. The van der Waals surface area contributed by atoms with E-state index in [9.17, 15) is 4.39 Å². The van der Waals surface area contributed by atoms with E-state index in [0.717, 1.165) is 36.1 Å². The predicted molar refractivity (Wildman–Crippen MR) is 84.8 cm³/mol. The molecule has 0 spiro atoms. The lowest BCUT2D eigenvalue weighted by Crippen LogP contribution is -2.23. The summed E-state index contributed by atoms with van der Waals surface area (Å²) in [6.07, 6.45) is 5.40. The van der Waals surface area contributed by atoms with Gasteiger partial charge in [-0.15, -0.1) is 0 Å². The Morgan fingerprint density at radius 2 is 2.10 bits per heavy atom. The first-order chi connectivity index (χ1) is 10.1. The average molecular weight is 286 g/mol. The first-order valence-corrected chi connectivity index (χ1v) is 7.50. The van der Waals surface area contributed by atoms with Gasteiger partial charge in [-0.1, -0.05) is 19.1 Å². The summed E-state index contributed by atoms with van der Waals surface area (Å²) in [6, 6.07) is 7.71.